The average Bonchev–Trinajstić information content (AvgIpc) is 2.75. The third-order valence-corrected chi connectivity index (χ3v) is 5.09. The first kappa shape index (κ1) is 30.2. The highest BCUT2D eigenvalue weighted by atomic mass is 31.2. The van der Waals surface area contributed by atoms with E-state index in [0.717, 1.165) is 27.7 Å². The standard InChI is InChI=1S/C20H27N2O12P/c1-12(23)30-17-16(11-29-35(27-9-5-7-21)28-10-6-8-22)34-20(33-15(4)26)19(32-14(3)25)18(17)31-13(2)24/h16-20H,5-6,9-11H2,1-4H3/t16-,17-,18+,19-,20-/m1/s1. The number of carbonyl (C=O) groups excluding carboxylic acids is 4. The van der Waals surface area contributed by atoms with Crippen molar-refractivity contribution in [1.82, 2.24) is 0 Å². The first-order chi connectivity index (χ1) is 16.6. The molecule has 14 nitrogen and oxygen atoms in total. The molecule has 0 spiro atoms. The predicted octanol–water partition coefficient (Wildman–Crippen LogP) is 1.17. The Balaban J connectivity index is 3.20. The average molecular weight is 518 g/mol. The van der Waals surface area contributed by atoms with Crippen molar-refractivity contribution in [3.8, 4) is 12.1 Å². The summed E-state index contributed by atoms with van der Waals surface area (Å²) in [5.41, 5.74) is 0. The maximum atomic E-state index is 11.8. The summed E-state index contributed by atoms with van der Waals surface area (Å²) in [7, 11) is -2.06. The summed E-state index contributed by atoms with van der Waals surface area (Å²) in [5.74, 6) is -3.16. The van der Waals surface area contributed by atoms with Crippen LogP contribution < -0.4 is 0 Å². The van der Waals surface area contributed by atoms with Gasteiger partial charge in [-0.1, -0.05) is 0 Å². The molecule has 35 heavy (non-hydrogen) atoms. The van der Waals surface area contributed by atoms with E-state index in [1.807, 2.05) is 12.1 Å². The van der Waals surface area contributed by atoms with Crippen molar-refractivity contribution in [2.24, 2.45) is 0 Å². The van der Waals surface area contributed by atoms with Crippen LogP contribution >= 0.6 is 8.60 Å². The third kappa shape index (κ3) is 11.4. The Kier molecular flexibility index (Phi) is 13.7. The lowest BCUT2D eigenvalue weighted by Gasteiger charge is -2.43. The van der Waals surface area contributed by atoms with Crippen molar-refractivity contribution < 1.29 is 56.4 Å². The summed E-state index contributed by atoms with van der Waals surface area (Å²) in [5, 5.41) is 17.4. The molecule has 0 aromatic carbocycles. The second-order valence-electron chi connectivity index (χ2n) is 6.88. The fourth-order valence-electron chi connectivity index (χ4n) is 2.83. The molecule has 1 heterocycles. The van der Waals surface area contributed by atoms with Crippen LogP contribution in [0.25, 0.3) is 0 Å². The molecular formula is C20H27N2O12P. The summed E-state index contributed by atoms with van der Waals surface area (Å²) in [6.07, 6.45) is -6.86. The Hall–Kier alpha value is -2.87. The fourth-order valence-corrected chi connectivity index (χ4v) is 3.80. The maximum absolute atomic E-state index is 11.8. The number of hydrogen-bond donors (Lipinski definition) is 0. The van der Waals surface area contributed by atoms with Crippen LogP contribution in [-0.4, -0.2) is 74.4 Å². The van der Waals surface area contributed by atoms with E-state index in [4.69, 9.17) is 47.8 Å². The summed E-state index contributed by atoms with van der Waals surface area (Å²) in [6.45, 7) is 3.93. The Labute approximate surface area is 203 Å². The van der Waals surface area contributed by atoms with Gasteiger partial charge in [-0.3, -0.25) is 19.2 Å². The molecule has 1 saturated heterocycles. The molecule has 0 N–H and O–H groups in total. The number of nitrogens with zero attached hydrogens (tertiary/aromatic N) is 2. The number of rotatable bonds is 13. The lowest BCUT2D eigenvalue weighted by atomic mass is 9.98. The van der Waals surface area contributed by atoms with Gasteiger partial charge in [-0.05, 0) is 0 Å². The minimum absolute atomic E-state index is 0.0195. The fraction of sp³-hybridized carbons (Fsp3) is 0.700. The van der Waals surface area contributed by atoms with Gasteiger partial charge in [0, 0.05) is 27.7 Å². The van der Waals surface area contributed by atoms with Gasteiger partial charge in [-0.25, -0.2) is 0 Å². The van der Waals surface area contributed by atoms with E-state index >= 15 is 0 Å². The number of hydrogen-bond acceptors (Lipinski definition) is 14. The number of ether oxygens (including phenoxy) is 5. The lowest BCUT2D eigenvalue weighted by Crippen LogP contribution is -2.63. The molecule has 1 fully saturated rings. The van der Waals surface area contributed by atoms with E-state index in [0.29, 0.717) is 0 Å². The number of carbonyl (C=O) groups is 4. The molecule has 5 atom stereocenters. The van der Waals surface area contributed by atoms with Crippen LogP contribution in [0.2, 0.25) is 0 Å². The van der Waals surface area contributed by atoms with E-state index in [1.54, 1.807) is 0 Å². The van der Waals surface area contributed by atoms with Crippen LogP contribution in [0.1, 0.15) is 40.5 Å². The van der Waals surface area contributed by atoms with Crippen molar-refractivity contribution in [2.75, 3.05) is 19.8 Å². The zero-order valence-corrected chi connectivity index (χ0v) is 20.6. The molecule has 0 aliphatic carbocycles. The van der Waals surface area contributed by atoms with Crippen molar-refractivity contribution in [3.05, 3.63) is 0 Å². The first-order valence-corrected chi connectivity index (χ1v) is 11.5. The van der Waals surface area contributed by atoms with Crippen molar-refractivity contribution >= 4 is 32.5 Å². The van der Waals surface area contributed by atoms with Crippen molar-refractivity contribution in [1.29, 1.82) is 10.5 Å². The van der Waals surface area contributed by atoms with Crippen LogP contribution in [0.15, 0.2) is 0 Å². The third-order valence-electron chi connectivity index (χ3n) is 3.94. The van der Waals surface area contributed by atoms with Crippen LogP contribution in [0.4, 0.5) is 0 Å². The van der Waals surface area contributed by atoms with Crippen LogP contribution in [0.3, 0.4) is 0 Å². The van der Waals surface area contributed by atoms with Gasteiger partial charge in [-0.2, -0.15) is 10.5 Å². The van der Waals surface area contributed by atoms with E-state index in [9.17, 15) is 19.2 Å². The van der Waals surface area contributed by atoms with Crippen LogP contribution in [0, 0.1) is 22.7 Å². The summed E-state index contributed by atoms with van der Waals surface area (Å²) < 4.78 is 42.9. The Morgan fingerprint density at radius 1 is 0.714 bits per heavy atom. The minimum atomic E-state index is -2.06. The molecule has 0 saturated carbocycles. The Morgan fingerprint density at radius 2 is 1.17 bits per heavy atom. The van der Waals surface area contributed by atoms with Crippen LogP contribution in [-0.2, 0) is 56.4 Å². The van der Waals surface area contributed by atoms with Gasteiger partial charge in [0.25, 0.3) is 0 Å². The molecule has 194 valence electrons. The number of nitriles is 2. The monoisotopic (exact) mass is 518 g/mol. The van der Waals surface area contributed by atoms with Gasteiger partial charge < -0.3 is 37.3 Å². The summed E-state index contributed by atoms with van der Waals surface area (Å²) in [6, 6.07) is 3.79. The van der Waals surface area contributed by atoms with E-state index in [2.05, 4.69) is 0 Å². The minimum Gasteiger partial charge on any atom is -0.456 e. The smallest absolute Gasteiger partial charge is 0.332 e. The molecule has 1 rings (SSSR count). The molecule has 1 aliphatic rings. The second kappa shape index (κ2) is 15.9. The summed E-state index contributed by atoms with van der Waals surface area (Å²) >= 11 is 0. The summed E-state index contributed by atoms with van der Waals surface area (Å²) in [4.78, 5) is 46.9. The zero-order chi connectivity index (χ0) is 26.4. The van der Waals surface area contributed by atoms with E-state index < -0.39 is 63.2 Å². The van der Waals surface area contributed by atoms with Gasteiger partial charge in [0.1, 0.15) is 6.10 Å². The highest BCUT2D eigenvalue weighted by molar-refractivity contribution is 7.41. The van der Waals surface area contributed by atoms with Gasteiger partial charge in [-0.15, -0.1) is 0 Å². The molecule has 1 aliphatic heterocycles. The zero-order valence-electron chi connectivity index (χ0n) is 19.7. The van der Waals surface area contributed by atoms with Gasteiger partial charge >= 0.3 is 32.5 Å². The largest absolute Gasteiger partial charge is 0.456 e. The highest BCUT2D eigenvalue weighted by Gasteiger charge is 2.53. The molecule has 0 aromatic heterocycles. The topological polar surface area (TPSA) is 190 Å². The molecular weight excluding hydrogens is 491 g/mol. The van der Waals surface area contributed by atoms with Crippen molar-refractivity contribution in [2.45, 2.75) is 71.2 Å². The Bertz CT molecular complexity index is 806. The molecule has 15 heteroatoms. The highest BCUT2D eigenvalue weighted by Crippen LogP contribution is 2.41. The first-order valence-electron chi connectivity index (χ1n) is 10.4. The maximum Gasteiger partial charge on any atom is 0.332 e. The van der Waals surface area contributed by atoms with E-state index in [1.165, 1.54) is 0 Å². The lowest BCUT2D eigenvalue weighted by molar-refractivity contribution is -0.298. The number of esters is 4. The normalized spacial score (nSPS) is 23.5. The molecule has 0 unspecified atom stereocenters. The van der Waals surface area contributed by atoms with E-state index in [-0.39, 0.29) is 32.7 Å². The molecule has 0 radical (unpaired) electrons. The van der Waals surface area contributed by atoms with Crippen LogP contribution in [0.5, 0.6) is 0 Å². The second-order valence-corrected chi connectivity index (χ2v) is 8.10. The SMILES string of the molecule is CC(=O)O[C@@H]1O[C@H](COP(OCCC#N)OCCC#N)[C@@H](OC(C)=O)[C@H](OC(C)=O)[C@H]1OC(C)=O. The Morgan fingerprint density at radius 3 is 1.63 bits per heavy atom. The van der Waals surface area contributed by atoms with Gasteiger partial charge in [0.05, 0.1) is 44.8 Å². The van der Waals surface area contributed by atoms with Gasteiger partial charge in [0.2, 0.25) is 12.4 Å². The molecule has 0 aromatic rings. The molecule has 0 amide bonds. The quantitative estimate of drug-likeness (QED) is 0.146. The van der Waals surface area contributed by atoms with Gasteiger partial charge in [0.15, 0.2) is 12.2 Å². The molecule has 0 bridgehead atoms. The van der Waals surface area contributed by atoms with Crippen molar-refractivity contribution in [3.63, 3.8) is 0 Å². The predicted molar refractivity (Wildman–Crippen MR) is 112 cm³/mol.